The number of Topliss-reactive ketones (excluding diaryl/α,β-unsaturated/α-hetero) is 1. The maximum atomic E-state index is 14.5. The first-order valence-electron chi connectivity index (χ1n) is 19.1. The average molecular weight is 740 g/mol. The lowest BCUT2D eigenvalue weighted by Gasteiger charge is -2.37. The van der Waals surface area contributed by atoms with Gasteiger partial charge in [0, 0.05) is 20.5 Å². The topological polar surface area (TPSA) is 168 Å². The van der Waals surface area contributed by atoms with Crippen LogP contribution in [0.5, 0.6) is 0 Å². The number of benzene rings is 2. The van der Waals surface area contributed by atoms with Gasteiger partial charge >= 0.3 is 5.97 Å². The molecule has 2 amide bonds. The number of aliphatic hydroxyl groups is 3. The number of nitrogens with zero attached hydrogens (tertiary/aromatic N) is 2. The van der Waals surface area contributed by atoms with Gasteiger partial charge in [-0.3, -0.25) is 14.4 Å². The van der Waals surface area contributed by atoms with Gasteiger partial charge < -0.3 is 35.5 Å². The van der Waals surface area contributed by atoms with Crippen LogP contribution in [0.3, 0.4) is 0 Å². The number of hydrogen-bond donors (Lipinski definition) is 5. The molecule has 0 fully saturated rings. The highest BCUT2D eigenvalue weighted by atomic mass is 16.4. The molecule has 0 aromatic heterocycles. The fraction of sp³-hybridized carbons (Fsp3) is 0.619. The van der Waals surface area contributed by atoms with Gasteiger partial charge in [-0.05, 0) is 93.7 Å². The molecule has 0 aliphatic rings. The van der Waals surface area contributed by atoms with E-state index in [9.17, 15) is 39.6 Å². The number of hydrogen-bond acceptors (Lipinski definition) is 8. The fourth-order valence-electron chi connectivity index (χ4n) is 6.87. The largest absolute Gasteiger partial charge is 0.479 e. The van der Waals surface area contributed by atoms with Crippen molar-refractivity contribution in [2.75, 3.05) is 21.1 Å². The van der Waals surface area contributed by atoms with Gasteiger partial charge in [-0.25, -0.2) is 4.79 Å². The Morgan fingerprint density at radius 2 is 1.08 bits per heavy atom. The van der Waals surface area contributed by atoms with Crippen LogP contribution in [0.25, 0.3) is 0 Å². The van der Waals surface area contributed by atoms with Crippen molar-refractivity contribution in [3.63, 3.8) is 0 Å². The van der Waals surface area contributed by atoms with Crippen LogP contribution in [0.4, 0.5) is 0 Å². The molecule has 0 aliphatic heterocycles. The van der Waals surface area contributed by atoms with Crippen LogP contribution in [-0.2, 0) is 32.0 Å². The molecule has 53 heavy (non-hydrogen) atoms. The van der Waals surface area contributed by atoms with Gasteiger partial charge in [-0.1, -0.05) is 88.4 Å². The van der Waals surface area contributed by atoms with Gasteiger partial charge in [-0.15, -0.1) is 0 Å². The zero-order chi connectivity index (χ0) is 39.7. The summed E-state index contributed by atoms with van der Waals surface area (Å²) in [5, 5.41) is 44.1. The van der Waals surface area contributed by atoms with E-state index in [0.717, 1.165) is 11.1 Å². The number of aliphatic hydroxyl groups excluding tert-OH is 3. The zero-order valence-electron chi connectivity index (χ0n) is 32.9. The highest BCUT2D eigenvalue weighted by molar-refractivity contribution is 5.94. The third-order valence-corrected chi connectivity index (χ3v) is 10.2. The standard InChI is InChI=1S/C42H65N3O8/c1-28(2)22-35(43-5)40(50)45(7)37(24-30(4)19-21-34(47)26-32-16-12-9-13-17-32)41(51)44(6)36(38(48)27-39(49)42(52)53)23-29(3)18-20-33(46)25-31-14-10-8-11-15-31/h8-17,28-30,33-37,39,43,46-47,49H,18-27H2,1-7H3,(H,52,53)/t29?,30?,33?,34?,35-,36-,37-,39?/m0/s1. The lowest BCUT2D eigenvalue weighted by Crippen LogP contribution is -2.56. The van der Waals surface area contributed by atoms with Crippen LogP contribution >= 0.6 is 0 Å². The minimum Gasteiger partial charge on any atom is -0.479 e. The molecule has 2 aromatic carbocycles. The Kier molecular flexibility index (Phi) is 19.9. The minimum atomic E-state index is -1.92. The van der Waals surface area contributed by atoms with E-state index in [2.05, 4.69) is 5.32 Å². The van der Waals surface area contributed by atoms with Crippen molar-refractivity contribution in [1.82, 2.24) is 15.1 Å². The maximum Gasteiger partial charge on any atom is 0.332 e. The van der Waals surface area contributed by atoms with Crippen molar-refractivity contribution in [1.29, 1.82) is 0 Å². The minimum absolute atomic E-state index is 0.0795. The van der Waals surface area contributed by atoms with Crippen LogP contribution in [0.15, 0.2) is 60.7 Å². The number of carbonyl (C=O) groups is 4. The molecule has 296 valence electrons. The summed E-state index contributed by atoms with van der Waals surface area (Å²) in [6, 6.07) is 16.8. The van der Waals surface area contributed by atoms with Gasteiger partial charge in [0.2, 0.25) is 11.8 Å². The van der Waals surface area contributed by atoms with Gasteiger partial charge in [0.05, 0.1) is 24.3 Å². The van der Waals surface area contributed by atoms with Gasteiger partial charge in [0.15, 0.2) is 11.9 Å². The smallest absolute Gasteiger partial charge is 0.332 e. The number of aliphatic carboxylic acids is 1. The predicted octanol–water partition coefficient (Wildman–Crippen LogP) is 4.50. The molecule has 0 bridgehead atoms. The Morgan fingerprint density at radius 1 is 0.642 bits per heavy atom. The third-order valence-electron chi connectivity index (χ3n) is 10.2. The zero-order valence-corrected chi connectivity index (χ0v) is 32.9. The Hall–Kier alpha value is -3.64. The number of amides is 2. The van der Waals surface area contributed by atoms with E-state index in [4.69, 9.17) is 0 Å². The maximum absolute atomic E-state index is 14.5. The highest BCUT2D eigenvalue weighted by Crippen LogP contribution is 2.25. The van der Waals surface area contributed by atoms with E-state index in [1.54, 1.807) is 14.1 Å². The molecule has 0 heterocycles. The molecule has 2 aromatic rings. The van der Waals surface area contributed by atoms with Crippen molar-refractivity contribution < 1.29 is 39.6 Å². The second kappa shape index (κ2) is 23.2. The van der Waals surface area contributed by atoms with E-state index in [0.29, 0.717) is 44.9 Å². The Morgan fingerprint density at radius 3 is 1.49 bits per heavy atom. The molecule has 0 spiro atoms. The summed E-state index contributed by atoms with van der Waals surface area (Å²) >= 11 is 0. The molecule has 11 heteroatoms. The molecule has 5 N–H and O–H groups in total. The van der Waals surface area contributed by atoms with E-state index in [-0.39, 0.29) is 36.5 Å². The monoisotopic (exact) mass is 739 g/mol. The summed E-state index contributed by atoms with van der Waals surface area (Å²) in [7, 11) is 4.81. The van der Waals surface area contributed by atoms with Crippen molar-refractivity contribution in [2.45, 2.75) is 128 Å². The van der Waals surface area contributed by atoms with Crippen LogP contribution in [0.2, 0.25) is 0 Å². The van der Waals surface area contributed by atoms with Gasteiger partial charge in [0.25, 0.3) is 0 Å². The second-order valence-electron chi connectivity index (χ2n) is 15.4. The lowest BCUT2D eigenvalue weighted by molar-refractivity contribution is -0.152. The number of carboxylic acid groups (broad SMARTS) is 1. The molecule has 0 aliphatic carbocycles. The molecular formula is C42H65N3O8. The van der Waals surface area contributed by atoms with E-state index in [1.165, 1.54) is 16.8 Å². The number of ketones is 1. The van der Waals surface area contributed by atoms with Crippen molar-refractivity contribution in [2.24, 2.45) is 17.8 Å². The van der Waals surface area contributed by atoms with Crippen molar-refractivity contribution in [3.05, 3.63) is 71.8 Å². The molecule has 2 rings (SSSR count). The van der Waals surface area contributed by atoms with Gasteiger partial charge in [0.1, 0.15) is 6.04 Å². The third kappa shape index (κ3) is 16.1. The lowest BCUT2D eigenvalue weighted by atomic mass is 9.89. The summed E-state index contributed by atoms with van der Waals surface area (Å²) in [5.41, 5.74) is 2.03. The average Bonchev–Trinajstić information content (AvgIpc) is 3.12. The van der Waals surface area contributed by atoms with Crippen LogP contribution < -0.4 is 5.32 Å². The number of likely N-dealkylation sites (N-methyl/N-ethyl adjacent to an activating group) is 3. The van der Waals surface area contributed by atoms with Gasteiger partial charge in [-0.2, -0.15) is 0 Å². The SMILES string of the molecule is CN[C@@H](CC(C)C)C(=O)N(C)[C@@H](CC(C)CCC(O)Cc1ccccc1)C(=O)N(C)[C@@H](CC(C)CCC(O)Cc1ccccc1)C(=O)CC(O)C(=O)O. The van der Waals surface area contributed by atoms with E-state index >= 15 is 0 Å². The summed E-state index contributed by atoms with van der Waals surface area (Å²) in [6.07, 6.45) is 0.320. The van der Waals surface area contributed by atoms with Crippen LogP contribution in [0.1, 0.15) is 90.2 Å². The van der Waals surface area contributed by atoms with Crippen LogP contribution in [0, 0.1) is 17.8 Å². The molecule has 0 saturated carbocycles. The summed E-state index contributed by atoms with van der Waals surface area (Å²) in [4.78, 5) is 56.4. The van der Waals surface area contributed by atoms with Crippen LogP contribution in [-0.4, -0.2) is 111 Å². The summed E-state index contributed by atoms with van der Waals surface area (Å²) in [6.45, 7) is 7.92. The predicted molar refractivity (Wildman–Crippen MR) is 207 cm³/mol. The quantitative estimate of drug-likeness (QED) is 0.0986. The first kappa shape index (κ1) is 45.5. The summed E-state index contributed by atoms with van der Waals surface area (Å²) < 4.78 is 0. The molecule has 0 radical (unpaired) electrons. The normalized spacial score (nSPS) is 16.1. The second-order valence-corrected chi connectivity index (χ2v) is 15.4. The van der Waals surface area contributed by atoms with Crippen molar-refractivity contribution >= 4 is 23.6 Å². The number of carboxylic acids is 1. The molecule has 11 nitrogen and oxygen atoms in total. The summed E-state index contributed by atoms with van der Waals surface area (Å²) in [5.74, 6) is -2.85. The Labute approximate surface area is 316 Å². The molecule has 0 saturated heterocycles. The first-order chi connectivity index (χ1) is 25.0. The Balaban J connectivity index is 2.31. The van der Waals surface area contributed by atoms with E-state index < -0.39 is 60.5 Å². The number of carbonyl (C=O) groups excluding carboxylic acids is 3. The number of rotatable bonds is 25. The highest BCUT2D eigenvalue weighted by Gasteiger charge is 2.38. The fourth-order valence-corrected chi connectivity index (χ4v) is 6.87. The molecule has 5 unspecified atom stereocenters. The first-order valence-corrected chi connectivity index (χ1v) is 19.1. The van der Waals surface area contributed by atoms with Crippen molar-refractivity contribution in [3.8, 4) is 0 Å². The molecule has 8 atom stereocenters. The van der Waals surface area contributed by atoms with E-state index in [1.807, 2.05) is 88.4 Å². The molecular weight excluding hydrogens is 674 g/mol. The number of nitrogens with one attached hydrogen (secondary N) is 1. The Bertz CT molecular complexity index is 1390.